The van der Waals surface area contributed by atoms with Gasteiger partial charge in [-0.1, -0.05) is 6.08 Å². The quantitative estimate of drug-likeness (QED) is 0.501. The standard InChI is InChI=1S/C17H18N2O6S/c1-2-9-19-26(22,23)15-7-5-13(6-8-15)17(21)25-12-16(20)18-11-14-4-3-10-24-14/h2-8,10,19H,1,9,11-12H2,(H,18,20). The van der Waals surface area contributed by atoms with Gasteiger partial charge in [-0.2, -0.15) is 0 Å². The number of ether oxygens (including phenoxy) is 1. The van der Waals surface area contributed by atoms with Crippen molar-refractivity contribution in [3.63, 3.8) is 0 Å². The topological polar surface area (TPSA) is 115 Å². The second-order valence-corrected chi connectivity index (χ2v) is 6.86. The number of amides is 1. The fourth-order valence-electron chi connectivity index (χ4n) is 1.89. The second-order valence-electron chi connectivity index (χ2n) is 5.10. The van der Waals surface area contributed by atoms with Gasteiger partial charge in [0.15, 0.2) is 6.61 Å². The summed E-state index contributed by atoms with van der Waals surface area (Å²) in [4.78, 5) is 23.6. The van der Waals surface area contributed by atoms with Crippen molar-refractivity contribution in [2.45, 2.75) is 11.4 Å². The van der Waals surface area contributed by atoms with E-state index in [0.717, 1.165) is 0 Å². The first-order chi connectivity index (χ1) is 12.4. The van der Waals surface area contributed by atoms with E-state index in [0.29, 0.717) is 5.76 Å². The first-order valence-corrected chi connectivity index (χ1v) is 9.07. The van der Waals surface area contributed by atoms with Gasteiger partial charge in [-0.3, -0.25) is 4.79 Å². The third-order valence-corrected chi connectivity index (χ3v) is 4.63. The van der Waals surface area contributed by atoms with Gasteiger partial charge >= 0.3 is 5.97 Å². The highest BCUT2D eigenvalue weighted by molar-refractivity contribution is 7.89. The fourth-order valence-corrected chi connectivity index (χ4v) is 2.88. The minimum atomic E-state index is -3.67. The zero-order valence-electron chi connectivity index (χ0n) is 13.8. The lowest BCUT2D eigenvalue weighted by Crippen LogP contribution is -2.28. The molecule has 0 aliphatic carbocycles. The number of rotatable bonds is 9. The number of benzene rings is 1. The summed E-state index contributed by atoms with van der Waals surface area (Å²) in [5.41, 5.74) is 0.131. The molecule has 2 rings (SSSR count). The number of carbonyl (C=O) groups is 2. The largest absolute Gasteiger partial charge is 0.467 e. The minimum Gasteiger partial charge on any atom is -0.467 e. The summed E-state index contributed by atoms with van der Waals surface area (Å²) in [5.74, 6) is -0.643. The van der Waals surface area contributed by atoms with E-state index < -0.39 is 28.5 Å². The van der Waals surface area contributed by atoms with Crippen LogP contribution in [0.25, 0.3) is 0 Å². The van der Waals surface area contributed by atoms with Gasteiger partial charge in [-0.05, 0) is 36.4 Å². The molecule has 26 heavy (non-hydrogen) atoms. The first-order valence-electron chi connectivity index (χ1n) is 7.59. The molecule has 2 aromatic rings. The van der Waals surface area contributed by atoms with Crippen LogP contribution in [0, 0.1) is 0 Å². The number of esters is 1. The molecule has 0 saturated carbocycles. The molecule has 0 aliphatic rings. The molecular weight excluding hydrogens is 360 g/mol. The molecule has 0 aliphatic heterocycles. The molecule has 0 fully saturated rings. The molecule has 0 saturated heterocycles. The SMILES string of the molecule is C=CCNS(=O)(=O)c1ccc(C(=O)OCC(=O)NCc2ccco2)cc1. The van der Waals surface area contributed by atoms with Gasteiger partial charge in [0.05, 0.1) is 23.3 Å². The van der Waals surface area contributed by atoms with Crippen molar-refractivity contribution in [2.24, 2.45) is 0 Å². The Kier molecular flexibility index (Phi) is 6.70. The van der Waals surface area contributed by atoms with Gasteiger partial charge in [0.1, 0.15) is 5.76 Å². The van der Waals surface area contributed by atoms with Crippen molar-refractivity contribution in [2.75, 3.05) is 13.2 Å². The van der Waals surface area contributed by atoms with Crippen LogP contribution in [-0.2, 0) is 26.1 Å². The van der Waals surface area contributed by atoms with E-state index >= 15 is 0 Å². The van der Waals surface area contributed by atoms with Crippen LogP contribution in [0.2, 0.25) is 0 Å². The second kappa shape index (κ2) is 8.97. The van der Waals surface area contributed by atoms with Gasteiger partial charge in [0, 0.05) is 6.54 Å². The van der Waals surface area contributed by atoms with Crippen LogP contribution in [0.3, 0.4) is 0 Å². The van der Waals surface area contributed by atoms with Crippen molar-refractivity contribution in [3.8, 4) is 0 Å². The van der Waals surface area contributed by atoms with Gasteiger partial charge in [-0.25, -0.2) is 17.9 Å². The van der Waals surface area contributed by atoms with E-state index in [4.69, 9.17) is 9.15 Å². The summed E-state index contributed by atoms with van der Waals surface area (Å²) >= 11 is 0. The van der Waals surface area contributed by atoms with Crippen LogP contribution >= 0.6 is 0 Å². The van der Waals surface area contributed by atoms with Crippen molar-refractivity contribution >= 4 is 21.9 Å². The van der Waals surface area contributed by atoms with Gasteiger partial charge in [-0.15, -0.1) is 6.58 Å². The number of furan rings is 1. The highest BCUT2D eigenvalue weighted by Crippen LogP contribution is 2.11. The molecule has 0 atom stereocenters. The highest BCUT2D eigenvalue weighted by Gasteiger charge is 2.15. The minimum absolute atomic E-state index is 0.00657. The summed E-state index contributed by atoms with van der Waals surface area (Å²) in [5, 5.41) is 2.53. The maximum atomic E-state index is 11.9. The Hall–Kier alpha value is -2.91. The lowest BCUT2D eigenvalue weighted by atomic mass is 10.2. The summed E-state index contributed by atoms with van der Waals surface area (Å²) in [6.45, 7) is 3.26. The smallest absolute Gasteiger partial charge is 0.338 e. The molecule has 9 heteroatoms. The molecule has 8 nitrogen and oxygen atoms in total. The van der Waals surface area contributed by atoms with E-state index in [1.807, 2.05) is 0 Å². The maximum Gasteiger partial charge on any atom is 0.338 e. The number of hydrogen-bond acceptors (Lipinski definition) is 6. The lowest BCUT2D eigenvalue weighted by molar-refractivity contribution is -0.124. The maximum absolute atomic E-state index is 11.9. The zero-order chi connectivity index (χ0) is 19.0. The Bertz CT molecular complexity index is 857. The van der Waals surface area contributed by atoms with E-state index in [9.17, 15) is 18.0 Å². The monoisotopic (exact) mass is 378 g/mol. The molecule has 0 unspecified atom stereocenters. The predicted octanol–water partition coefficient (Wildman–Crippen LogP) is 1.22. The number of nitrogens with one attached hydrogen (secondary N) is 2. The van der Waals surface area contributed by atoms with Crippen molar-refractivity contribution < 1.29 is 27.2 Å². The van der Waals surface area contributed by atoms with E-state index in [2.05, 4.69) is 16.6 Å². The summed E-state index contributed by atoms with van der Waals surface area (Å²) in [7, 11) is -3.67. The Morgan fingerprint density at radius 2 is 1.92 bits per heavy atom. The number of hydrogen-bond donors (Lipinski definition) is 2. The Balaban J connectivity index is 1.85. The van der Waals surface area contributed by atoms with Crippen molar-refractivity contribution in [3.05, 3.63) is 66.6 Å². The predicted molar refractivity (Wildman–Crippen MR) is 92.7 cm³/mol. The number of sulfonamides is 1. The fraction of sp³-hybridized carbons (Fsp3) is 0.176. The average molecular weight is 378 g/mol. The van der Waals surface area contributed by atoms with Crippen LogP contribution in [-0.4, -0.2) is 33.4 Å². The lowest BCUT2D eigenvalue weighted by Gasteiger charge is -2.07. The molecular formula is C17H18N2O6S. The molecule has 1 amide bonds. The summed E-state index contributed by atoms with van der Waals surface area (Å²) in [6.07, 6.45) is 2.90. The normalized spacial score (nSPS) is 10.9. The molecule has 0 bridgehead atoms. The Morgan fingerprint density at radius 1 is 1.19 bits per heavy atom. The molecule has 1 aromatic carbocycles. The Morgan fingerprint density at radius 3 is 2.54 bits per heavy atom. The molecule has 138 valence electrons. The van der Waals surface area contributed by atoms with Crippen LogP contribution in [0.4, 0.5) is 0 Å². The van der Waals surface area contributed by atoms with Gasteiger partial charge < -0.3 is 14.5 Å². The van der Waals surface area contributed by atoms with E-state index in [1.165, 1.54) is 36.6 Å². The molecule has 0 spiro atoms. The van der Waals surface area contributed by atoms with Crippen LogP contribution in [0.15, 0.2) is 64.6 Å². The van der Waals surface area contributed by atoms with Gasteiger partial charge in [0.2, 0.25) is 10.0 Å². The van der Waals surface area contributed by atoms with Crippen LogP contribution < -0.4 is 10.0 Å². The third kappa shape index (κ3) is 5.57. The Labute approximate surface area is 150 Å². The van der Waals surface area contributed by atoms with E-state index in [1.54, 1.807) is 12.1 Å². The number of carbonyl (C=O) groups excluding carboxylic acids is 2. The zero-order valence-corrected chi connectivity index (χ0v) is 14.6. The average Bonchev–Trinajstić information content (AvgIpc) is 3.16. The van der Waals surface area contributed by atoms with Crippen LogP contribution in [0.5, 0.6) is 0 Å². The molecule has 0 radical (unpaired) electrons. The summed E-state index contributed by atoms with van der Waals surface area (Å²) < 4.78 is 36.1. The molecule has 2 N–H and O–H groups in total. The van der Waals surface area contributed by atoms with E-state index in [-0.39, 0.29) is 23.5 Å². The highest BCUT2D eigenvalue weighted by atomic mass is 32.2. The van der Waals surface area contributed by atoms with Crippen LogP contribution in [0.1, 0.15) is 16.1 Å². The first kappa shape index (κ1) is 19.4. The third-order valence-electron chi connectivity index (χ3n) is 3.19. The van der Waals surface area contributed by atoms with Crippen molar-refractivity contribution in [1.29, 1.82) is 0 Å². The summed E-state index contributed by atoms with van der Waals surface area (Å²) in [6, 6.07) is 8.57. The molecule has 1 heterocycles. The molecule has 1 aromatic heterocycles. The van der Waals surface area contributed by atoms with Crippen molar-refractivity contribution in [1.82, 2.24) is 10.0 Å². The van der Waals surface area contributed by atoms with Gasteiger partial charge in [0.25, 0.3) is 5.91 Å².